The Morgan fingerprint density at radius 1 is 1.65 bits per heavy atom. The minimum absolute atomic E-state index is 0.0155. The van der Waals surface area contributed by atoms with Crippen molar-refractivity contribution in [2.75, 3.05) is 18.9 Å². The molecule has 1 amide bonds. The van der Waals surface area contributed by atoms with Crippen LogP contribution in [0.1, 0.15) is 6.42 Å². The number of nitrogens with one attached hydrogen (secondary N) is 1. The van der Waals surface area contributed by atoms with E-state index < -0.39 is 4.92 Å². The number of hydrogen-bond donors (Lipinski definition) is 1. The van der Waals surface area contributed by atoms with Crippen LogP contribution < -0.4 is 5.32 Å². The minimum Gasteiger partial charge on any atom is -0.358 e. The summed E-state index contributed by atoms with van der Waals surface area (Å²) in [5.74, 6) is 0.339. The minimum atomic E-state index is -0.491. The molecule has 1 atom stereocenters. The second kappa shape index (κ2) is 4.36. The lowest BCUT2D eigenvalue weighted by Gasteiger charge is -2.12. The van der Waals surface area contributed by atoms with Crippen LogP contribution in [0.15, 0.2) is 18.3 Å². The van der Waals surface area contributed by atoms with Crippen LogP contribution in [0.2, 0.25) is 0 Å². The molecule has 0 bridgehead atoms. The number of amides is 1. The molecule has 0 saturated carbocycles. The largest absolute Gasteiger partial charge is 0.358 e. The number of carbonyl (C=O) groups excluding carboxylic acids is 1. The Hall–Kier alpha value is -2.18. The first-order chi connectivity index (χ1) is 8.08. The Balaban J connectivity index is 2.11. The summed E-state index contributed by atoms with van der Waals surface area (Å²) in [6.45, 7) is 0.686. The lowest BCUT2D eigenvalue weighted by Crippen LogP contribution is -2.31. The molecule has 7 heteroatoms. The highest BCUT2D eigenvalue weighted by atomic mass is 16.6. The zero-order chi connectivity index (χ0) is 12.4. The third-order valence-corrected chi connectivity index (χ3v) is 2.70. The number of nitro groups is 1. The first-order valence-electron chi connectivity index (χ1n) is 5.20. The molecule has 7 nitrogen and oxygen atoms in total. The first-order valence-corrected chi connectivity index (χ1v) is 5.20. The van der Waals surface area contributed by atoms with Crippen molar-refractivity contribution in [2.45, 2.75) is 12.5 Å². The number of nitrogens with zero attached hydrogens (tertiary/aromatic N) is 3. The highest BCUT2D eigenvalue weighted by Crippen LogP contribution is 2.18. The Morgan fingerprint density at radius 2 is 2.41 bits per heavy atom. The van der Waals surface area contributed by atoms with Gasteiger partial charge in [0.15, 0.2) is 0 Å². The highest BCUT2D eigenvalue weighted by molar-refractivity contribution is 5.86. The molecule has 1 saturated heterocycles. The molecule has 0 radical (unpaired) electrons. The van der Waals surface area contributed by atoms with E-state index in [0.29, 0.717) is 18.8 Å². The average Bonchev–Trinajstić information content (AvgIpc) is 2.61. The van der Waals surface area contributed by atoms with E-state index >= 15 is 0 Å². The van der Waals surface area contributed by atoms with Gasteiger partial charge >= 0.3 is 0 Å². The van der Waals surface area contributed by atoms with Crippen LogP contribution in [0.5, 0.6) is 0 Å². The van der Waals surface area contributed by atoms with E-state index in [2.05, 4.69) is 10.3 Å². The fourth-order valence-electron chi connectivity index (χ4n) is 1.75. The molecular weight excluding hydrogens is 224 g/mol. The maximum Gasteiger partial charge on any atom is 0.274 e. The molecule has 0 spiro atoms. The van der Waals surface area contributed by atoms with Crippen LogP contribution in [-0.4, -0.2) is 40.3 Å². The zero-order valence-corrected chi connectivity index (χ0v) is 9.29. The highest BCUT2D eigenvalue weighted by Gasteiger charge is 2.29. The quantitative estimate of drug-likeness (QED) is 0.614. The summed E-state index contributed by atoms with van der Waals surface area (Å²) in [5.41, 5.74) is -0.0405. The fraction of sp³-hybridized carbons (Fsp3) is 0.400. The van der Waals surface area contributed by atoms with Gasteiger partial charge in [0, 0.05) is 25.9 Å². The van der Waals surface area contributed by atoms with E-state index in [9.17, 15) is 14.9 Å². The predicted octanol–water partition coefficient (Wildman–Crippen LogP) is 0.632. The number of aromatic nitrogens is 1. The van der Waals surface area contributed by atoms with Gasteiger partial charge in [-0.05, 0) is 6.42 Å². The van der Waals surface area contributed by atoms with Crippen molar-refractivity contribution in [1.29, 1.82) is 0 Å². The molecule has 0 aliphatic carbocycles. The molecular formula is C10H12N4O3. The third kappa shape index (κ3) is 2.32. The Kier molecular flexibility index (Phi) is 2.90. The number of likely N-dealkylation sites (tertiary alicyclic amines) is 1. The number of likely N-dealkylation sites (N-methyl/N-ethyl adjacent to an activating group) is 1. The third-order valence-electron chi connectivity index (χ3n) is 2.70. The molecule has 1 aromatic rings. The smallest absolute Gasteiger partial charge is 0.274 e. The maximum absolute atomic E-state index is 11.6. The van der Waals surface area contributed by atoms with Crippen molar-refractivity contribution in [3.05, 3.63) is 28.4 Å². The van der Waals surface area contributed by atoms with Crippen molar-refractivity contribution in [2.24, 2.45) is 0 Å². The normalized spacial score (nSPS) is 19.5. The Labute approximate surface area is 97.6 Å². The summed E-state index contributed by atoms with van der Waals surface area (Å²) in [7, 11) is 1.73. The van der Waals surface area contributed by atoms with Gasteiger partial charge in [-0.2, -0.15) is 0 Å². The Bertz CT molecular complexity index is 463. The van der Waals surface area contributed by atoms with Crippen molar-refractivity contribution >= 4 is 17.4 Å². The Morgan fingerprint density at radius 3 is 3.00 bits per heavy atom. The molecule has 2 heterocycles. The molecule has 1 aromatic heterocycles. The van der Waals surface area contributed by atoms with E-state index in [1.54, 1.807) is 11.9 Å². The molecule has 2 rings (SSSR count). The van der Waals surface area contributed by atoms with Gasteiger partial charge in [-0.15, -0.1) is 0 Å². The zero-order valence-electron chi connectivity index (χ0n) is 9.29. The maximum atomic E-state index is 11.6. The van der Waals surface area contributed by atoms with Gasteiger partial charge in [-0.1, -0.05) is 0 Å². The number of pyridine rings is 1. The number of rotatable bonds is 3. The predicted molar refractivity (Wildman–Crippen MR) is 60.6 cm³/mol. The second-order valence-electron chi connectivity index (χ2n) is 3.90. The van der Waals surface area contributed by atoms with E-state index in [4.69, 9.17) is 0 Å². The van der Waals surface area contributed by atoms with E-state index in [-0.39, 0.29) is 17.6 Å². The van der Waals surface area contributed by atoms with Crippen LogP contribution >= 0.6 is 0 Å². The average molecular weight is 236 g/mol. The van der Waals surface area contributed by atoms with Gasteiger partial charge in [0.05, 0.1) is 11.0 Å². The molecule has 1 fully saturated rings. The van der Waals surface area contributed by atoms with E-state index in [1.807, 2.05) is 0 Å². The first kappa shape index (κ1) is 11.3. The lowest BCUT2D eigenvalue weighted by molar-refractivity contribution is -0.384. The van der Waals surface area contributed by atoms with Crippen LogP contribution in [0, 0.1) is 10.1 Å². The van der Waals surface area contributed by atoms with Gasteiger partial charge in [-0.3, -0.25) is 14.9 Å². The fourth-order valence-corrected chi connectivity index (χ4v) is 1.75. The van der Waals surface area contributed by atoms with E-state index in [1.165, 1.54) is 18.3 Å². The van der Waals surface area contributed by atoms with Gasteiger partial charge in [0.2, 0.25) is 5.91 Å². The van der Waals surface area contributed by atoms with Crippen LogP contribution in [0.25, 0.3) is 0 Å². The molecule has 17 heavy (non-hydrogen) atoms. The molecule has 1 unspecified atom stereocenters. The second-order valence-corrected chi connectivity index (χ2v) is 3.90. The molecule has 1 N–H and O–H groups in total. The van der Waals surface area contributed by atoms with Crippen molar-refractivity contribution in [3.63, 3.8) is 0 Å². The van der Waals surface area contributed by atoms with E-state index in [0.717, 1.165) is 0 Å². The molecule has 1 aliphatic heterocycles. The standard InChI is InChI=1S/C10H12N4O3/c1-13-5-3-8(10(13)15)12-9-6-7(14(16)17)2-4-11-9/h2,4,6,8H,3,5H2,1H3,(H,11,12). The van der Waals surface area contributed by atoms with Crippen LogP contribution in [0.4, 0.5) is 11.5 Å². The van der Waals surface area contributed by atoms with Gasteiger partial charge in [0.25, 0.3) is 5.69 Å². The summed E-state index contributed by atoms with van der Waals surface area (Å²) < 4.78 is 0. The van der Waals surface area contributed by atoms with Gasteiger partial charge in [-0.25, -0.2) is 4.98 Å². The SMILES string of the molecule is CN1CCC(Nc2cc([N+](=O)[O-])ccn2)C1=O. The summed E-state index contributed by atoms with van der Waals surface area (Å²) in [5, 5.41) is 13.5. The number of anilines is 1. The number of carbonyl (C=O) groups is 1. The number of hydrogen-bond acceptors (Lipinski definition) is 5. The summed E-state index contributed by atoms with van der Waals surface area (Å²) >= 11 is 0. The van der Waals surface area contributed by atoms with Crippen LogP contribution in [0.3, 0.4) is 0 Å². The van der Waals surface area contributed by atoms with Crippen molar-refractivity contribution in [1.82, 2.24) is 9.88 Å². The monoisotopic (exact) mass is 236 g/mol. The summed E-state index contributed by atoms with van der Waals surface area (Å²) in [6.07, 6.45) is 2.03. The van der Waals surface area contributed by atoms with Crippen molar-refractivity contribution < 1.29 is 9.72 Å². The van der Waals surface area contributed by atoms with Gasteiger partial charge < -0.3 is 10.2 Å². The topological polar surface area (TPSA) is 88.4 Å². The van der Waals surface area contributed by atoms with Crippen molar-refractivity contribution in [3.8, 4) is 0 Å². The van der Waals surface area contributed by atoms with Gasteiger partial charge in [0.1, 0.15) is 11.9 Å². The molecule has 1 aliphatic rings. The lowest BCUT2D eigenvalue weighted by atomic mass is 10.2. The molecule has 0 aromatic carbocycles. The molecule has 90 valence electrons. The van der Waals surface area contributed by atoms with Crippen LogP contribution in [-0.2, 0) is 4.79 Å². The summed E-state index contributed by atoms with van der Waals surface area (Å²) in [6, 6.07) is 2.30. The summed E-state index contributed by atoms with van der Waals surface area (Å²) in [4.78, 5) is 27.3.